The summed E-state index contributed by atoms with van der Waals surface area (Å²) in [5.41, 5.74) is 0.153. The summed E-state index contributed by atoms with van der Waals surface area (Å²) in [7, 11) is 0. The van der Waals surface area contributed by atoms with Gasteiger partial charge in [-0.2, -0.15) is 0 Å². The van der Waals surface area contributed by atoms with Crippen molar-refractivity contribution in [3.8, 4) is 5.75 Å². The van der Waals surface area contributed by atoms with Crippen LogP contribution in [0.4, 0.5) is 0 Å². The van der Waals surface area contributed by atoms with E-state index in [0.29, 0.717) is 5.56 Å². The molecular formula is C19H19NO2. The van der Waals surface area contributed by atoms with Gasteiger partial charge in [-0.15, -0.1) is 0 Å². The molecule has 3 heteroatoms. The molecule has 0 aromatic heterocycles. The summed E-state index contributed by atoms with van der Waals surface area (Å²) in [5, 5.41) is 17.0. The molecule has 0 bridgehead atoms. The molecule has 1 amide bonds. The number of rotatable bonds is 1. The maximum atomic E-state index is 12.3. The molecule has 0 atom stereocenters. The highest BCUT2D eigenvalue weighted by Gasteiger charge is 2.17. The number of hydrogen-bond donors (Lipinski definition) is 2. The first-order valence-electron chi connectivity index (χ1n) is 7.31. The first-order chi connectivity index (χ1) is 10.3. The molecule has 3 aromatic rings. The van der Waals surface area contributed by atoms with Gasteiger partial charge in [-0.05, 0) is 61.2 Å². The van der Waals surface area contributed by atoms with Crippen LogP contribution in [0.15, 0.2) is 48.5 Å². The van der Waals surface area contributed by atoms with E-state index in [0.717, 1.165) is 21.5 Å². The Morgan fingerprint density at radius 2 is 1.59 bits per heavy atom. The second-order valence-electron chi connectivity index (χ2n) is 6.62. The molecule has 0 aliphatic carbocycles. The van der Waals surface area contributed by atoms with E-state index in [-0.39, 0.29) is 17.2 Å². The van der Waals surface area contributed by atoms with Gasteiger partial charge >= 0.3 is 0 Å². The average Bonchev–Trinajstić information content (AvgIpc) is 2.43. The molecule has 0 saturated carbocycles. The van der Waals surface area contributed by atoms with Gasteiger partial charge in [0.25, 0.3) is 5.91 Å². The minimum absolute atomic E-state index is 0.127. The quantitative estimate of drug-likeness (QED) is 0.660. The van der Waals surface area contributed by atoms with Gasteiger partial charge < -0.3 is 10.4 Å². The molecule has 0 saturated heterocycles. The van der Waals surface area contributed by atoms with Crippen LogP contribution in [0.25, 0.3) is 21.5 Å². The zero-order valence-electron chi connectivity index (χ0n) is 13.0. The number of benzene rings is 3. The van der Waals surface area contributed by atoms with Crippen LogP contribution >= 0.6 is 0 Å². The molecule has 2 N–H and O–H groups in total. The van der Waals surface area contributed by atoms with Gasteiger partial charge in [-0.3, -0.25) is 4.79 Å². The fraction of sp³-hybridized carbons (Fsp3) is 0.211. The SMILES string of the molecule is CC(C)(C)NC(=O)c1cc(O)c2cc3ccccc3cc2c1. The van der Waals surface area contributed by atoms with Crippen LogP contribution in [0, 0.1) is 0 Å². The van der Waals surface area contributed by atoms with Crippen molar-refractivity contribution in [2.75, 3.05) is 0 Å². The number of carbonyl (C=O) groups excluding carboxylic acids is 1. The monoisotopic (exact) mass is 293 g/mol. The number of hydrogen-bond acceptors (Lipinski definition) is 2. The topological polar surface area (TPSA) is 49.3 Å². The number of amides is 1. The van der Waals surface area contributed by atoms with Gasteiger partial charge in [0.1, 0.15) is 5.75 Å². The summed E-state index contributed by atoms with van der Waals surface area (Å²) < 4.78 is 0. The van der Waals surface area contributed by atoms with E-state index in [1.165, 1.54) is 6.07 Å². The van der Waals surface area contributed by atoms with E-state index in [1.807, 2.05) is 63.2 Å². The molecular weight excluding hydrogens is 274 g/mol. The van der Waals surface area contributed by atoms with Crippen molar-refractivity contribution in [3.05, 3.63) is 54.1 Å². The fourth-order valence-electron chi connectivity index (χ4n) is 2.58. The molecule has 0 fully saturated rings. The lowest BCUT2D eigenvalue weighted by molar-refractivity contribution is 0.0919. The first-order valence-corrected chi connectivity index (χ1v) is 7.31. The Bertz CT molecular complexity index is 876. The Hall–Kier alpha value is -2.55. The Morgan fingerprint density at radius 3 is 2.23 bits per heavy atom. The van der Waals surface area contributed by atoms with Crippen molar-refractivity contribution in [3.63, 3.8) is 0 Å². The van der Waals surface area contributed by atoms with Crippen LogP contribution in [0.1, 0.15) is 31.1 Å². The predicted octanol–water partition coefficient (Wildman–Crippen LogP) is 4.23. The molecule has 3 nitrogen and oxygen atoms in total. The Kier molecular flexibility index (Phi) is 3.28. The zero-order valence-corrected chi connectivity index (χ0v) is 13.0. The van der Waals surface area contributed by atoms with Crippen molar-refractivity contribution in [1.29, 1.82) is 0 Å². The summed E-state index contributed by atoms with van der Waals surface area (Å²) in [4.78, 5) is 12.3. The number of phenols is 1. The maximum absolute atomic E-state index is 12.3. The Morgan fingerprint density at radius 1 is 0.955 bits per heavy atom. The summed E-state index contributed by atoms with van der Waals surface area (Å²) in [6.07, 6.45) is 0. The van der Waals surface area contributed by atoms with Gasteiger partial charge in [0.2, 0.25) is 0 Å². The van der Waals surface area contributed by atoms with Crippen LogP contribution in [0.5, 0.6) is 5.75 Å². The van der Waals surface area contributed by atoms with Crippen molar-refractivity contribution < 1.29 is 9.90 Å². The molecule has 0 heterocycles. The average molecular weight is 293 g/mol. The third-order valence-corrected chi connectivity index (χ3v) is 3.55. The summed E-state index contributed by atoms with van der Waals surface area (Å²) in [6.45, 7) is 5.79. The van der Waals surface area contributed by atoms with Crippen molar-refractivity contribution in [2.45, 2.75) is 26.3 Å². The molecule has 0 spiro atoms. The van der Waals surface area contributed by atoms with E-state index in [1.54, 1.807) is 0 Å². The van der Waals surface area contributed by atoms with E-state index in [9.17, 15) is 9.90 Å². The number of aromatic hydroxyl groups is 1. The largest absolute Gasteiger partial charge is 0.507 e. The minimum atomic E-state index is -0.314. The molecule has 3 aromatic carbocycles. The number of phenolic OH excluding ortho intramolecular Hbond substituents is 1. The van der Waals surface area contributed by atoms with Gasteiger partial charge in [0.15, 0.2) is 0 Å². The smallest absolute Gasteiger partial charge is 0.251 e. The minimum Gasteiger partial charge on any atom is -0.507 e. The summed E-state index contributed by atoms with van der Waals surface area (Å²) >= 11 is 0. The molecule has 3 rings (SSSR count). The van der Waals surface area contributed by atoms with Crippen LogP contribution in [-0.4, -0.2) is 16.6 Å². The molecule has 0 aliphatic rings. The van der Waals surface area contributed by atoms with Crippen LogP contribution in [0.3, 0.4) is 0 Å². The standard InChI is InChI=1S/C19H19NO2/c1-19(2,3)20-18(22)15-9-14-8-12-6-4-5-7-13(12)10-16(14)17(21)11-15/h4-11,21H,1-3H3,(H,20,22). The third kappa shape index (κ3) is 2.75. The van der Waals surface area contributed by atoms with Crippen LogP contribution in [-0.2, 0) is 0 Å². The number of carbonyl (C=O) groups is 1. The highest BCUT2D eigenvalue weighted by atomic mass is 16.3. The predicted molar refractivity (Wildman–Crippen MR) is 90.3 cm³/mol. The first kappa shape index (κ1) is 14.4. The van der Waals surface area contributed by atoms with Gasteiger partial charge in [-0.25, -0.2) is 0 Å². The lowest BCUT2D eigenvalue weighted by Gasteiger charge is -2.20. The lowest BCUT2D eigenvalue weighted by atomic mass is 10.00. The second-order valence-corrected chi connectivity index (χ2v) is 6.62. The molecule has 0 radical (unpaired) electrons. The molecule has 112 valence electrons. The van der Waals surface area contributed by atoms with Crippen molar-refractivity contribution in [2.24, 2.45) is 0 Å². The van der Waals surface area contributed by atoms with Crippen molar-refractivity contribution in [1.82, 2.24) is 5.32 Å². The number of fused-ring (bicyclic) bond motifs is 2. The maximum Gasteiger partial charge on any atom is 0.251 e. The van der Waals surface area contributed by atoms with E-state index >= 15 is 0 Å². The highest BCUT2D eigenvalue weighted by Crippen LogP contribution is 2.30. The highest BCUT2D eigenvalue weighted by molar-refractivity contribution is 6.05. The number of nitrogens with one attached hydrogen (secondary N) is 1. The van der Waals surface area contributed by atoms with Crippen molar-refractivity contribution >= 4 is 27.5 Å². The van der Waals surface area contributed by atoms with E-state index < -0.39 is 0 Å². The fourth-order valence-corrected chi connectivity index (χ4v) is 2.58. The van der Waals surface area contributed by atoms with Crippen LogP contribution < -0.4 is 5.32 Å². The normalized spacial score (nSPS) is 11.8. The van der Waals surface area contributed by atoms with Gasteiger partial charge in [-0.1, -0.05) is 24.3 Å². The second kappa shape index (κ2) is 5.02. The van der Waals surface area contributed by atoms with E-state index in [4.69, 9.17) is 0 Å². The summed E-state index contributed by atoms with van der Waals surface area (Å²) in [5.74, 6) is -0.0554. The van der Waals surface area contributed by atoms with Gasteiger partial charge in [0, 0.05) is 16.5 Å². The summed E-state index contributed by atoms with van der Waals surface area (Å²) in [6, 6.07) is 15.3. The molecule has 0 aliphatic heterocycles. The molecule has 22 heavy (non-hydrogen) atoms. The Balaban J connectivity index is 2.15. The third-order valence-electron chi connectivity index (χ3n) is 3.55. The lowest BCUT2D eigenvalue weighted by Crippen LogP contribution is -2.40. The Labute approximate surface area is 129 Å². The molecule has 0 unspecified atom stereocenters. The van der Waals surface area contributed by atoms with Gasteiger partial charge in [0.05, 0.1) is 0 Å². The zero-order chi connectivity index (χ0) is 15.9. The van der Waals surface area contributed by atoms with Crippen LogP contribution in [0.2, 0.25) is 0 Å². The van der Waals surface area contributed by atoms with E-state index in [2.05, 4.69) is 5.32 Å².